The minimum atomic E-state index is -0.144. The quantitative estimate of drug-likeness (QED) is 0.380. The Morgan fingerprint density at radius 2 is 1.49 bits per heavy atom. The Bertz CT molecular complexity index is 1360. The van der Waals surface area contributed by atoms with Crippen LogP contribution in [0.15, 0.2) is 90.3 Å². The summed E-state index contributed by atoms with van der Waals surface area (Å²) in [5, 5.41) is 5.09. The van der Waals surface area contributed by atoms with E-state index < -0.39 is 0 Å². The molecule has 1 heterocycles. The van der Waals surface area contributed by atoms with Gasteiger partial charge >= 0.3 is 0 Å². The number of amides is 2. The van der Waals surface area contributed by atoms with E-state index in [0.29, 0.717) is 34.5 Å². The smallest absolute Gasteiger partial charge is 0.268 e. The van der Waals surface area contributed by atoms with Crippen LogP contribution in [-0.4, -0.2) is 25.4 Å². The zero-order chi connectivity index (χ0) is 23.9. The molecule has 1 N–H and O–H groups in total. The van der Waals surface area contributed by atoms with Crippen molar-refractivity contribution in [3.63, 3.8) is 0 Å². The Morgan fingerprint density at radius 1 is 0.857 bits per heavy atom. The lowest BCUT2D eigenvalue weighted by molar-refractivity contribution is 0.0943. The fraction of sp³-hybridized carbons (Fsp3) is 0.200. The van der Waals surface area contributed by atoms with E-state index in [1.165, 1.54) is 33.6 Å². The number of rotatable bonds is 5. The second-order valence-corrected chi connectivity index (χ2v) is 10.3. The monoisotopic (exact) mass is 478 g/mol. The lowest BCUT2D eigenvalue weighted by Gasteiger charge is -2.45. The molecule has 0 aliphatic heterocycles. The molecule has 174 valence electrons. The molecule has 0 spiro atoms. The summed E-state index contributed by atoms with van der Waals surface area (Å²) in [5.74, 6) is 0.723. The minimum absolute atomic E-state index is 0.113. The van der Waals surface area contributed by atoms with Crippen molar-refractivity contribution in [2.75, 3.05) is 18.5 Å². The number of thiophene rings is 1. The molecule has 2 amide bonds. The van der Waals surface area contributed by atoms with Crippen LogP contribution in [0.1, 0.15) is 60.5 Å². The summed E-state index contributed by atoms with van der Waals surface area (Å²) >= 11 is 1.40. The fourth-order valence-electron chi connectivity index (χ4n) is 5.91. The Hall–Kier alpha value is -3.70. The van der Waals surface area contributed by atoms with Crippen molar-refractivity contribution >= 4 is 28.8 Å². The number of para-hydroxylation sites is 1. The molecule has 1 unspecified atom stereocenters. The molecule has 4 aromatic rings. The number of benzene rings is 3. The average molecular weight is 479 g/mol. The van der Waals surface area contributed by atoms with Crippen LogP contribution in [0.4, 0.5) is 5.69 Å². The third-order valence-corrected chi connectivity index (χ3v) is 8.35. The average Bonchev–Trinajstić information content (AvgIpc) is 3.46. The molecule has 0 saturated heterocycles. The van der Waals surface area contributed by atoms with E-state index in [2.05, 4.69) is 53.8 Å². The highest BCUT2D eigenvalue weighted by Crippen LogP contribution is 2.55. The number of hydrogen-bond acceptors (Lipinski definition) is 3. The van der Waals surface area contributed by atoms with E-state index in [1.807, 2.05) is 29.6 Å². The molecule has 3 aliphatic rings. The lowest BCUT2D eigenvalue weighted by Crippen LogP contribution is -2.39. The van der Waals surface area contributed by atoms with Gasteiger partial charge in [0.2, 0.25) is 0 Å². The molecule has 0 radical (unpaired) electrons. The minimum Gasteiger partial charge on any atom is -0.352 e. The Morgan fingerprint density at radius 3 is 2.14 bits per heavy atom. The van der Waals surface area contributed by atoms with Gasteiger partial charge in [-0.2, -0.15) is 0 Å². The van der Waals surface area contributed by atoms with Gasteiger partial charge in [-0.25, -0.2) is 0 Å². The summed E-state index contributed by atoms with van der Waals surface area (Å²) in [6.45, 7) is 0.597. The predicted octanol–water partition coefficient (Wildman–Crippen LogP) is 6.05. The van der Waals surface area contributed by atoms with Crippen LogP contribution in [0.2, 0.25) is 0 Å². The van der Waals surface area contributed by atoms with Gasteiger partial charge in [-0.1, -0.05) is 66.7 Å². The third-order valence-electron chi connectivity index (χ3n) is 7.49. The van der Waals surface area contributed by atoms with Crippen LogP contribution in [-0.2, 0) is 0 Å². The molecular formula is C30H26N2O2S. The molecular weight excluding hydrogens is 452 g/mol. The normalized spacial score (nSPS) is 19.5. The number of nitrogens with zero attached hydrogens (tertiary/aromatic N) is 1. The zero-order valence-corrected chi connectivity index (χ0v) is 20.3. The predicted molar refractivity (Wildman–Crippen MR) is 141 cm³/mol. The first-order chi connectivity index (χ1) is 17.1. The van der Waals surface area contributed by atoms with Crippen LogP contribution < -0.4 is 10.2 Å². The summed E-state index contributed by atoms with van der Waals surface area (Å²) in [5.41, 5.74) is 6.77. The van der Waals surface area contributed by atoms with E-state index in [1.54, 1.807) is 24.1 Å². The highest BCUT2D eigenvalue weighted by atomic mass is 32.1. The molecule has 0 fully saturated rings. The van der Waals surface area contributed by atoms with Crippen molar-refractivity contribution in [3.05, 3.63) is 123 Å². The summed E-state index contributed by atoms with van der Waals surface area (Å²) in [6, 6.07) is 28.5. The van der Waals surface area contributed by atoms with E-state index in [-0.39, 0.29) is 17.7 Å². The highest BCUT2D eigenvalue weighted by Gasteiger charge is 2.43. The standard InChI is InChI=1S/C30H26N2O2S/c1-32(30(34)27-15-8-16-35-27)26-14-7-6-13-24(26)29(33)31-18-19-17-25-20-9-2-4-11-22(20)28(19)23-12-5-3-10-21(23)25/h2-16,19,25,28H,17-18H2,1H3,(H,31,33). The number of carbonyl (C=O) groups excluding carboxylic acids is 2. The van der Waals surface area contributed by atoms with Gasteiger partial charge in [0.15, 0.2) is 0 Å². The summed E-state index contributed by atoms with van der Waals surface area (Å²) < 4.78 is 0. The fourth-order valence-corrected chi connectivity index (χ4v) is 6.61. The first-order valence-electron chi connectivity index (χ1n) is 12.0. The van der Waals surface area contributed by atoms with Gasteiger partial charge in [0.05, 0.1) is 16.1 Å². The van der Waals surface area contributed by atoms with Crippen molar-refractivity contribution in [1.29, 1.82) is 0 Å². The molecule has 3 aromatic carbocycles. The Balaban J connectivity index is 1.24. The maximum Gasteiger partial charge on any atom is 0.268 e. The van der Waals surface area contributed by atoms with Gasteiger partial charge in [-0.3, -0.25) is 9.59 Å². The van der Waals surface area contributed by atoms with Crippen molar-refractivity contribution < 1.29 is 9.59 Å². The van der Waals surface area contributed by atoms with Crippen LogP contribution in [0.5, 0.6) is 0 Å². The molecule has 1 atom stereocenters. The Kier molecular flexibility index (Phi) is 5.50. The largest absolute Gasteiger partial charge is 0.352 e. The molecule has 5 heteroatoms. The number of carbonyl (C=O) groups is 2. The second-order valence-electron chi connectivity index (χ2n) is 9.35. The SMILES string of the molecule is CN(C(=O)c1cccs1)c1ccccc1C(=O)NCC1CC2c3ccccc3C1c1ccccc12. The van der Waals surface area contributed by atoms with E-state index >= 15 is 0 Å². The molecule has 7 rings (SSSR count). The number of anilines is 1. The zero-order valence-electron chi connectivity index (χ0n) is 19.5. The summed E-state index contributed by atoms with van der Waals surface area (Å²) in [4.78, 5) is 28.5. The maximum absolute atomic E-state index is 13.4. The van der Waals surface area contributed by atoms with Gasteiger partial charge in [0.25, 0.3) is 11.8 Å². The van der Waals surface area contributed by atoms with Crippen LogP contribution in [0, 0.1) is 5.92 Å². The van der Waals surface area contributed by atoms with Crippen molar-refractivity contribution in [2.45, 2.75) is 18.3 Å². The van der Waals surface area contributed by atoms with Crippen LogP contribution >= 0.6 is 11.3 Å². The van der Waals surface area contributed by atoms with E-state index in [0.717, 1.165) is 6.42 Å². The molecule has 1 aromatic heterocycles. The van der Waals surface area contributed by atoms with Crippen molar-refractivity contribution in [1.82, 2.24) is 5.32 Å². The maximum atomic E-state index is 13.4. The van der Waals surface area contributed by atoms with Crippen LogP contribution in [0.3, 0.4) is 0 Å². The second kappa shape index (κ2) is 8.82. The van der Waals surface area contributed by atoms with E-state index in [9.17, 15) is 9.59 Å². The summed E-state index contributed by atoms with van der Waals surface area (Å²) in [7, 11) is 1.72. The van der Waals surface area contributed by atoms with Crippen molar-refractivity contribution in [2.24, 2.45) is 5.92 Å². The molecule has 35 heavy (non-hydrogen) atoms. The van der Waals surface area contributed by atoms with Gasteiger partial charge in [0.1, 0.15) is 0 Å². The van der Waals surface area contributed by atoms with Gasteiger partial charge in [-0.15, -0.1) is 11.3 Å². The van der Waals surface area contributed by atoms with Gasteiger partial charge < -0.3 is 10.2 Å². The first kappa shape index (κ1) is 21.8. The Labute approximate surface area is 209 Å². The van der Waals surface area contributed by atoms with Gasteiger partial charge in [-0.05, 0) is 58.2 Å². The van der Waals surface area contributed by atoms with E-state index in [4.69, 9.17) is 0 Å². The van der Waals surface area contributed by atoms with Crippen molar-refractivity contribution in [3.8, 4) is 0 Å². The molecule has 3 aliphatic carbocycles. The topological polar surface area (TPSA) is 49.4 Å². The number of nitrogens with one attached hydrogen (secondary N) is 1. The molecule has 4 nitrogen and oxygen atoms in total. The van der Waals surface area contributed by atoms with Gasteiger partial charge in [0, 0.05) is 25.4 Å². The summed E-state index contributed by atoms with van der Waals surface area (Å²) in [6.07, 6.45) is 1.03. The first-order valence-corrected chi connectivity index (χ1v) is 12.9. The molecule has 2 bridgehead atoms. The lowest BCUT2D eigenvalue weighted by atomic mass is 9.59. The third kappa shape index (κ3) is 3.67. The highest BCUT2D eigenvalue weighted by molar-refractivity contribution is 7.12. The number of hydrogen-bond donors (Lipinski definition) is 1. The van der Waals surface area contributed by atoms with Crippen LogP contribution in [0.25, 0.3) is 0 Å². The number of fused-ring (bicyclic) bond motifs is 1. The molecule has 0 saturated carbocycles.